The van der Waals surface area contributed by atoms with E-state index in [9.17, 15) is 9.90 Å². The fraction of sp³-hybridized carbons (Fsp3) is 0.222. The molecule has 27 heavy (non-hydrogen) atoms. The zero-order valence-corrected chi connectivity index (χ0v) is 17.4. The number of ether oxygens (including phenoxy) is 3. The van der Waals surface area contributed by atoms with E-state index >= 15 is 0 Å². The Kier molecular flexibility index (Phi) is 6.22. The fourth-order valence-electron chi connectivity index (χ4n) is 2.36. The monoisotopic (exact) mass is 498 g/mol. The highest BCUT2D eigenvalue weighted by Crippen LogP contribution is 2.41. The summed E-state index contributed by atoms with van der Waals surface area (Å²) in [6, 6.07) is 8.75. The number of rotatable bonds is 5. The summed E-state index contributed by atoms with van der Waals surface area (Å²) in [6.07, 6.45) is 0.637. The highest BCUT2D eigenvalue weighted by atomic mass is 79.9. The maximum atomic E-state index is 12.3. The molecule has 0 fully saturated rings. The van der Waals surface area contributed by atoms with Gasteiger partial charge in [-0.15, -0.1) is 0 Å². The van der Waals surface area contributed by atoms with Crippen molar-refractivity contribution in [3.05, 3.63) is 44.8 Å². The Balaban J connectivity index is 1.68. The van der Waals surface area contributed by atoms with Gasteiger partial charge in [-0.05, 0) is 57.0 Å². The summed E-state index contributed by atoms with van der Waals surface area (Å²) in [4.78, 5) is 12.3. The number of halogens is 2. The van der Waals surface area contributed by atoms with Crippen LogP contribution in [0, 0.1) is 0 Å². The number of amides is 1. The van der Waals surface area contributed by atoms with E-state index < -0.39 is 12.0 Å². The van der Waals surface area contributed by atoms with E-state index in [2.05, 4.69) is 42.4 Å². The summed E-state index contributed by atoms with van der Waals surface area (Å²) < 4.78 is 17.5. The summed E-state index contributed by atoms with van der Waals surface area (Å²) in [5, 5.41) is 14.0. The van der Waals surface area contributed by atoms with Crippen LogP contribution < -0.4 is 19.6 Å². The van der Waals surface area contributed by atoms with Gasteiger partial charge in [0, 0.05) is 10.0 Å². The summed E-state index contributed by atoms with van der Waals surface area (Å²) in [5.74, 6) is 0.975. The molecular formula is C18H16Br2N2O5. The first kappa shape index (κ1) is 19.5. The van der Waals surface area contributed by atoms with Gasteiger partial charge in [0.2, 0.25) is 6.10 Å². The number of phenols is 1. The van der Waals surface area contributed by atoms with Crippen LogP contribution in [0.5, 0.6) is 23.0 Å². The van der Waals surface area contributed by atoms with Crippen LogP contribution in [-0.2, 0) is 4.79 Å². The summed E-state index contributed by atoms with van der Waals surface area (Å²) in [5.41, 5.74) is 3.04. The van der Waals surface area contributed by atoms with Gasteiger partial charge in [0.25, 0.3) is 5.91 Å². The van der Waals surface area contributed by atoms with E-state index in [0.29, 0.717) is 38.4 Å². The van der Waals surface area contributed by atoms with Gasteiger partial charge >= 0.3 is 0 Å². The van der Waals surface area contributed by atoms with Crippen LogP contribution in [0.3, 0.4) is 0 Å². The van der Waals surface area contributed by atoms with Crippen molar-refractivity contribution in [2.75, 3.05) is 13.2 Å². The standard InChI is InChI=1S/C18H16Br2N2O5/c1-2-25-13-7-10(15(19)16(20)17(13)23)8-21-22-18(24)14-9-26-11-5-3-4-6-12(11)27-14/h3-8,14,23H,2,9H2,1H3,(H,22,24)/b21-8-/t14-/m0/s1. The Hall–Kier alpha value is -2.26. The Morgan fingerprint density at radius 1 is 1.37 bits per heavy atom. The number of hydrogen-bond donors (Lipinski definition) is 2. The average Bonchev–Trinajstić information content (AvgIpc) is 2.69. The van der Waals surface area contributed by atoms with Crippen LogP contribution in [0.2, 0.25) is 0 Å². The lowest BCUT2D eigenvalue weighted by atomic mass is 10.2. The lowest BCUT2D eigenvalue weighted by molar-refractivity contribution is -0.130. The molecule has 1 aliphatic heterocycles. The van der Waals surface area contributed by atoms with Crippen molar-refractivity contribution in [2.24, 2.45) is 5.10 Å². The van der Waals surface area contributed by atoms with Gasteiger partial charge in [0.05, 0.1) is 17.3 Å². The van der Waals surface area contributed by atoms with E-state index in [1.165, 1.54) is 6.21 Å². The van der Waals surface area contributed by atoms with E-state index in [4.69, 9.17) is 14.2 Å². The second-order valence-corrected chi connectivity index (χ2v) is 7.06. The van der Waals surface area contributed by atoms with Crippen molar-refractivity contribution in [3.63, 3.8) is 0 Å². The molecule has 142 valence electrons. The summed E-state index contributed by atoms with van der Waals surface area (Å²) in [6.45, 7) is 2.31. The summed E-state index contributed by atoms with van der Waals surface area (Å²) in [7, 11) is 0. The molecule has 9 heteroatoms. The molecule has 0 aliphatic carbocycles. The second-order valence-electron chi connectivity index (χ2n) is 5.47. The molecule has 0 spiro atoms. The van der Waals surface area contributed by atoms with Crippen molar-refractivity contribution in [1.29, 1.82) is 0 Å². The second kappa shape index (κ2) is 8.62. The Bertz CT molecular complexity index is 888. The third-order valence-corrected chi connectivity index (χ3v) is 5.81. The molecule has 0 aromatic heterocycles. The number of hydrazone groups is 1. The molecule has 1 aliphatic rings. The van der Waals surface area contributed by atoms with Gasteiger partial charge < -0.3 is 19.3 Å². The molecule has 0 unspecified atom stereocenters. The van der Waals surface area contributed by atoms with Crippen LogP contribution in [-0.4, -0.2) is 36.5 Å². The third kappa shape index (κ3) is 4.36. The number of benzene rings is 2. The van der Waals surface area contributed by atoms with Crippen molar-refractivity contribution < 1.29 is 24.1 Å². The van der Waals surface area contributed by atoms with E-state index in [-0.39, 0.29) is 12.4 Å². The molecular weight excluding hydrogens is 484 g/mol. The van der Waals surface area contributed by atoms with Gasteiger partial charge in [-0.2, -0.15) is 5.10 Å². The average molecular weight is 500 g/mol. The SMILES string of the molecule is CCOc1cc(/C=N\NC(=O)[C@@H]2COc3ccccc3O2)c(Br)c(Br)c1O. The van der Waals surface area contributed by atoms with Crippen molar-refractivity contribution in [2.45, 2.75) is 13.0 Å². The molecule has 1 atom stereocenters. The van der Waals surface area contributed by atoms with Crippen molar-refractivity contribution in [3.8, 4) is 23.0 Å². The Labute approximate surface area is 172 Å². The largest absolute Gasteiger partial charge is 0.503 e. The number of hydrogen-bond acceptors (Lipinski definition) is 6. The minimum atomic E-state index is -0.800. The molecule has 2 aromatic rings. The molecule has 2 N–H and O–H groups in total. The molecule has 2 aromatic carbocycles. The zero-order valence-electron chi connectivity index (χ0n) is 14.2. The van der Waals surface area contributed by atoms with Gasteiger partial charge in [-0.3, -0.25) is 4.79 Å². The normalized spacial score (nSPS) is 15.6. The number of carbonyl (C=O) groups is 1. The van der Waals surface area contributed by atoms with Gasteiger partial charge in [-0.25, -0.2) is 5.43 Å². The third-order valence-electron chi connectivity index (χ3n) is 3.65. The number of carbonyl (C=O) groups excluding carboxylic acids is 1. The predicted octanol–water partition coefficient (Wildman–Crippen LogP) is 3.61. The number of fused-ring (bicyclic) bond motifs is 1. The number of para-hydroxylation sites is 2. The number of phenolic OH excluding ortho intramolecular Hbond substituents is 1. The van der Waals surface area contributed by atoms with Crippen LogP contribution in [0.1, 0.15) is 12.5 Å². The highest BCUT2D eigenvalue weighted by Gasteiger charge is 2.27. The van der Waals surface area contributed by atoms with E-state index in [0.717, 1.165) is 0 Å². The highest BCUT2D eigenvalue weighted by molar-refractivity contribution is 9.13. The van der Waals surface area contributed by atoms with Crippen LogP contribution >= 0.6 is 31.9 Å². The van der Waals surface area contributed by atoms with Gasteiger partial charge in [0.1, 0.15) is 6.61 Å². The maximum absolute atomic E-state index is 12.3. The molecule has 7 nitrogen and oxygen atoms in total. The minimum Gasteiger partial charge on any atom is -0.503 e. The molecule has 1 heterocycles. The van der Waals surface area contributed by atoms with E-state index in [1.807, 2.05) is 13.0 Å². The van der Waals surface area contributed by atoms with E-state index in [1.54, 1.807) is 24.3 Å². The topological polar surface area (TPSA) is 89.4 Å². The number of aromatic hydroxyl groups is 1. The first-order valence-corrected chi connectivity index (χ1v) is 9.65. The van der Waals surface area contributed by atoms with Crippen LogP contribution in [0.25, 0.3) is 0 Å². The Morgan fingerprint density at radius 2 is 2.11 bits per heavy atom. The molecule has 0 saturated heterocycles. The quantitative estimate of drug-likeness (QED) is 0.484. The molecule has 1 amide bonds. The van der Waals surface area contributed by atoms with Crippen LogP contribution in [0.15, 0.2) is 44.4 Å². The smallest absolute Gasteiger partial charge is 0.284 e. The lowest BCUT2D eigenvalue weighted by Crippen LogP contribution is -2.42. The van der Waals surface area contributed by atoms with Gasteiger partial charge in [0.15, 0.2) is 23.0 Å². The minimum absolute atomic E-state index is 0.0173. The lowest BCUT2D eigenvalue weighted by Gasteiger charge is -2.24. The van der Waals surface area contributed by atoms with Gasteiger partial charge in [-0.1, -0.05) is 12.1 Å². The maximum Gasteiger partial charge on any atom is 0.284 e. The van der Waals surface area contributed by atoms with Crippen LogP contribution in [0.4, 0.5) is 0 Å². The summed E-state index contributed by atoms with van der Waals surface area (Å²) >= 11 is 6.65. The first-order valence-electron chi connectivity index (χ1n) is 8.06. The number of nitrogens with zero attached hydrogens (tertiary/aromatic N) is 1. The molecule has 0 radical (unpaired) electrons. The first-order chi connectivity index (χ1) is 13.0. The zero-order chi connectivity index (χ0) is 19.4. The molecule has 0 bridgehead atoms. The van der Waals surface area contributed by atoms with Crippen molar-refractivity contribution in [1.82, 2.24) is 5.43 Å². The fourth-order valence-corrected chi connectivity index (χ4v) is 3.19. The Morgan fingerprint density at radius 3 is 2.85 bits per heavy atom. The number of nitrogens with one attached hydrogen (secondary N) is 1. The van der Waals surface area contributed by atoms with Crippen molar-refractivity contribution >= 4 is 44.0 Å². The predicted molar refractivity (Wildman–Crippen MR) is 107 cm³/mol. The molecule has 3 rings (SSSR count). The molecule has 0 saturated carbocycles.